The van der Waals surface area contributed by atoms with Crippen LogP contribution < -0.4 is 0 Å². The third kappa shape index (κ3) is 16.0. The Morgan fingerprint density at radius 2 is 0.821 bits per heavy atom. The molecule has 0 saturated carbocycles. The van der Waals surface area contributed by atoms with Crippen LogP contribution in [0.5, 0.6) is 0 Å². The Morgan fingerprint density at radius 3 is 1.23 bits per heavy atom. The van der Waals surface area contributed by atoms with Gasteiger partial charge in [0.2, 0.25) is 0 Å². The first-order chi connectivity index (χ1) is 40.4. The van der Waals surface area contributed by atoms with Crippen LogP contribution in [0.3, 0.4) is 0 Å². The molecule has 6 atom stereocenters. The Hall–Kier alpha value is -8.04. The molecule has 0 aliphatic heterocycles. The highest BCUT2D eigenvalue weighted by Gasteiger charge is 2.40. The topological polar surface area (TPSA) is 192 Å². The molecule has 22 heteroatoms. The molecule has 432 valence electrons. The molecular weight excluding hydrogens is 1240 g/mol. The van der Waals surface area contributed by atoms with E-state index in [2.05, 4.69) is 35.9 Å². The van der Waals surface area contributed by atoms with Crippen molar-refractivity contribution in [3.05, 3.63) is 219 Å². The molecule has 9 aromatic carbocycles. The predicted octanol–water partition coefficient (Wildman–Crippen LogP) is 14.2. The van der Waals surface area contributed by atoms with Crippen LogP contribution in [-0.2, 0) is 42.9 Å². The van der Waals surface area contributed by atoms with Crippen molar-refractivity contribution in [1.82, 2.24) is 0 Å². The molecule has 0 aliphatic rings. The van der Waals surface area contributed by atoms with Crippen LogP contribution in [0.15, 0.2) is 197 Å². The lowest BCUT2D eigenvalue weighted by molar-refractivity contribution is -0.0478. The molecule has 9 aromatic rings. The summed E-state index contributed by atoms with van der Waals surface area (Å²) in [5.41, 5.74) is 0.764. The fourth-order valence-electron chi connectivity index (χ4n) is 8.40. The fourth-order valence-corrected chi connectivity index (χ4v) is 11.0. The molecule has 15 nitrogen and oxygen atoms in total. The Labute approximate surface area is 503 Å². The molecule has 0 bridgehead atoms. The van der Waals surface area contributed by atoms with E-state index in [0.717, 1.165) is 63.2 Å². The molecule has 0 amide bonds. The molecule has 0 aromatic heterocycles. The summed E-state index contributed by atoms with van der Waals surface area (Å²) in [6, 6.07) is 51.3. The number of alkyl halides is 3. The molecule has 0 unspecified atom stereocenters. The van der Waals surface area contributed by atoms with Gasteiger partial charge in [0.25, 0.3) is 10.1 Å². The van der Waals surface area contributed by atoms with E-state index in [0.29, 0.717) is 17.2 Å². The minimum absolute atomic E-state index is 0.0249. The molecule has 0 fully saturated rings. The number of benzene rings is 9. The van der Waals surface area contributed by atoms with E-state index >= 15 is 4.39 Å². The average molecular weight is 1290 g/mol. The molecule has 9 rings (SSSR count). The Balaban J connectivity index is 0.000000228. The van der Waals surface area contributed by atoms with Gasteiger partial charge in [0.05, 0.1) is 54.6 Å². The molecule has 0 radical (unpaired) electrons. The van der Waals surface area contributed by atoms with Gasteiger partial charge in [-0.15, -0.1) is 0 Å². The first-order valence-electron chi connectivity index (χ1n) is 25.3. The minimum atomic E-state index is -4.90. The maximum absolute atomic E-state index is 15.8. The summed E-state index contributed by atoms with van der Waals surface area (Å²) in [6.07, 6.45) is -7.99. The smallest absolute Gasteiger partial charge is 0.338 e. The zero-order valence-corrected chi connectivity index (χ0v) is 48.9. The molecular formula is C62H48BrCl3F2N2O13S. The highest BCUT2D eigenvalue weighted by Crippen LogP contribution is 2.34. The van der Waals surface area contributed by atoms with Gasteiger partial charge in [-0.3, -0.25) is 4.18 Å². The van der Waals surface area contributed by atoms with E-state index in [1.165, 1.54) is 25.3 Å². The van der Waals surface area contributed by atoms with E-state index in [4.69, 9.17) is 57.9 Å². The van der Waals surface area contributed by atoms with E-state index in [-0.39, 0.29) is 38.4 Å². The second kappa shape index (κ2) is 29.0. The summed E-state index contributed by atoms with van der Waals surface area (Å²) in [4.78, 5) is 59.7. The number of oxime groups is 2. The summed E-state index contributed by atoms with van der Waals surface area (Å²) in [5.74, 6) is -3.21. The van der Waals surface area contributed by atoms with Gasteiger partial charge in [-0.2, -0.15) is 8.42 Å². The highest BCUT2D eigenvalue weighted by molar-refractivity contribution is 9.09. The van der Waals surface area contributed by atoms with Crippen molar-refractivity contribution in [1.29, 1.82) is 0 Å². The van der Waals surface area contributed by atoms with Gasteiger partial charge in [0, 0.05) is 0 Å². The van der Waals surface area contributed by atoms with Crippen LogP contribution in [0.25, 0.3) is 43.1 Å². The van der Waals surface area contributed by atoms with Crippen molar-refractivity contribution in [3.8, 4) is 0 Å². The predicted molar refractivity (Wildman–Crippen MR) is 322 cm³/mol. The SMILES string of the molecule is CON=C[C@@H](F)[C@H](OC(=O)c1ccc2ccccc2c1)[C@@H](Br)COC(=O)c1ccc2ccccc2c1.CON=C[C@@H](F)[C@H](OC(=O)c1ccc2ccccc2c1)[C@@H](COC(=O)c1ccc2ccccc2c1)OS(=O)(=O)c1cc(Cl)c(Cl)cc1Cl. The van der Waals surface area contributed by atoms with Crippen LogP contribution in [0.2, 0.25) is 15.1 Å². The average Bonchev–Trinajstić information content (AvgIpc) is 3.48. The monoisotopic (exact) mass is 1280 g/mol. The summed E-state index contributed by atoms with van der Waals surface area (Å²) < 4.78 is 85.2. The molecule has 0 N–H and O–H groups in total. The number of rotatable bonds is 21. The zero-order chi connectivity index (χ0) is 59.9. The van der Waals surface area contributed by atoms with Crippen molar-refractivity contribution in [2.24, 2.45) is 10.3 Å². The van der Waals surface area contributed by atoms with Crippen molar-refractivity contribution in [3.63, 3.8) is 0 Å². The highest BCUT2D eigenvalue weighted by atomic mass is 79.9. The van der Waals surface area contributed by atoms with Crippen LogP contribution >= 0.6 is 50.7 Å². The summed E-state index contributed by atoms with van der Waals surface area (Å²) in [7, 11) is -2.48. The number of esters is 4. The maximum Gasteiger partial charge on any atom is 0.338 e. The number of hydrogen-bond donors (Lipinski definition) is 0. The summed E-state index contributed by atoms with van der Waals surface area (Å²) >= 11 is 21.5. The second-order valence-corrected chi connectivity index (χ2v) is 22.2. The standard InChI is InChI=1S/C34H25Cl3FNO8S.C28H23BrFNO5/c1-44-39-18-29(38)32(46-34(41)25-13-11-21-7-3-5-9-23(21)15-25)30(47-48(42,43)31-17-27(36)26(35)16-28(31)37)19-45-33(40)24-12-10-20-6-2-4-8-22(20)14-24;1-34-31-16-25(30)26(36-28(33)23-13-11-19-7-3-5-9-21(19)15-23)24(29)17-35-27(32)22-12-10-18-6-2-4-8-20(18)14-22/h2-18,29-30,32H,19H2,1H3;2-16,24-26H,17H2,1H3/t29-,30-,32+;24-,25+,26+/m10/s1. The molecule has 0 saturated heterocycles. The van der Waals surface area contributed by atoms with E-state index < -0.39 is 81.0 Å². The molecule has 0 spiro atoms. The minimum Gasteiger partial charge on any atom is -0.461 e. The van der Waals surface area contributed by atoms with Crippen LogP contribution in [0, 0.1) is 0 Å². The third-order valence-corrected chi connectivity index (χ3v) is 16.0. The molecule has 0 heterocycles. The number of carbonyl (C=O) groups excluding carboxylic acids is 4. The van der Waals surface area contributed by atoms with Crippen LogP contribution in [-0.4, -0.2) is 108 Å². The number of fused-ring (bicyclic) bond motifs is 4. The lowest BCUT2D eigenvalue weighted by Crippen LogP contribution is -2.45. The normalized spacial score (nSPS) is 13.8. The van der Waals surface area contributed by atoms with Gasteiger partial charge in [-0.1, -0.05) is 182 Å². The van der Waals surface area contributed by atoms with Crippen molar-refractivity contribution in [2.45, 2.75) is 40.4 Å². The quantitative estimate of drug-likeness (QED) is 0.0126. The van der Waals surface area contributed by atoms with Crippen LogP contribution in [0.4, 0.5) is 8.78 Å². The number of hydrogen-bond acceptors (Lipinski definition) is 15. The first kappa shape index (κ1) is 62.0. The van der Waals surface area contributed by atoms with Gasteiger partial charge in [0.15, 0.2) is 30.7 Å². The first-order valence-corrected chi connectivity index (χ1v) is 28.7. The number of ether oxygens (including phenoxy) is 4. The van der Waals surface area contributed by atoms with Gasteiger partial charge in [-0.05, 0) is 104 Å². The molecule has 0 aliphatic carbocycles. The van der Waals surface area contributed by atoms with Gasteiger partial charge in [0.1, 0.15) is 32.3 Å². The second-order valence-electron chi connectivity index (χ2n) is 18.2. The van der Waals surface area contributed by atoms with Crippen LogP contribution in [0.1, 0.15) is 41.4 Å². The van der Waals surface area contributed by atoms with Crippen molar-refractivity contribution < 1.29 is 69.2 Å². The van der Waals surface area contributed by atoms with Crippen molar-refractivity contribution >= 4 is 140 Å². The Bertz CT molecular complexity index is 4050. The zero-order valence-electron chi connectivity index (χ0n) is 44.2. The fraction of sp³-hybridized carbons (Fsp3) is 0.161. The Kier molecular flexibility index (Phi) is 21.4. The van der Waals surface area contributed by atoms with Crippen molar-refractivity contribution in [2.75, 3.05) is 27.4 Å². The summed E-state index contributed by atoms with van der Waals surface area (Å²) in [6.45, 7) is -1.15. The largest absolute Gasteiger partial charge is 0.461 e. The maximum atomic E-state index is 15.8. The molecule has 84 heavy (non-hydrogen) atoms. The van der Waals surface area contributed by atoms with Gasteiger partial charge in [-0.25, -0.2) is 28.0 Å². The Morgan fingerprint density at radius 1 is 0.476 bits per heavy atom. The van der Waals surface area contributed by atoms with E-state index in [9.17, 15) is 32.0 Å². The number of halogens is 6. The van der Waals surface area contributed by atoms with Gasteiger partial charge < -0.3 is 28.6 Å². The third-order valence-electron chi connectivity index (χ3n) is 12.6. The number of carbonyl (C=O) groups is 4. The van der Waals surface area contributed by atoms with E-state index in [1.54, 1.807) is 72.8 Å². The lowest BCUT2D eigenvalue weighted by Gasteiger charge is -2.27. The number of nitrogens with zero attached hydrogens (tertiary/aromatic N) is 2. The van der Waals surface area contributed by atoms with E-state index in [1.807, 2.05) is 78.9 Å². The summed E-state index contributed by atoms with van der Waals surface area (Å²) in [5, 5.41) is 13.1. The van der Waals surface area contributed by atoms with Gasteiger partial charge >= 0.3 is 23.9 Å². The lowest BCUT2D eigenvalue weighted by atomic mass is 10.1.